The van der Waals surface area contributed by atoms with Gasteiger partial charge in [0, 0.05) is 58.4 Å². The SMILES string of the molecule is Cc1cnc(C)c(-c2ccc(-c3c[nH]c4ncc(-c5ccc6c(c5)CC[C@@](C)(N5CCC[C@H]5C)CC6)cc34)nc2)n1. The summed E-state index contributed by atoms with van der Waals surface area (Å²) < 4.78 is 0. The Labute approximate surface area is 242 Å². The van der Waals surface area contributed by atoms with Gasteiger partial charge in [0.15, 0.2) is 0 Å². The lowest BCUT2D eigenvalue weighted by Crippen LogP contribution is -2.48. The van der Waals surface area contributed by atoms with Gasteiger partial charge in [-0.3, -0.25) is 14.9 Å². The van der Waals surface area contributed by atoms with E-state index in [-0.39, 0.29) is 0 Å². The number of aryl methyl sites for hydroxylation is 4. The monoisotopic (exact) mass is 542 g/mol. The fourth-order valence-electron chi connectivity index (χ4n) is 7.11. The molecule has 1 aromatic carbocycles. The number of hydrogen-bond donors (Lipinski definition) is 1. The van der Waals surface area contributed by atoms with E-state index in [0.29, 0.717) is 11.6 Å². The molecular formula is C35H38N6. The fourth-order valence-corrected chi connectivity index (χ4v) is 7.11. The molecule has 1 N–H and O–H groups in total. The minimum Gasteiger partial charge on any atom is -0.345 e. The number of pyridine rings is 2. The van der Waals surface area contributed by atoms with Crippen LogP contribution in [0.1, 0.15) is 62.0 Å². The second kappa shape index (κ2) is 10.2. The number of fused-ring (bicyclic) bond motifs is 2. The van der Waals surface area contributed by atoms with Crippen molar-refractivity contribution in [1.82, 2.24) is 29.8 Å². The van der Waals surface area contributed by atoms with Crippen molar-refractivity contribution in [1.29, 1.82) is 0 Å². The number of aromatic amines is 1. The number of benzene rings is 1. The summed E-state index contributed by atoms with van der Waals surface area (Å²) in [5.74, 6) is 0. The molecule has 5 aromatic rings. The molecule has 0 radical (unpaired) electrons. The van der Waals surface area contributed by atoms with Gasteiger partial charge in [0.2, 0.25) is 0 Å². The summed E-state index contributed by atoms with van der Waals surface area (Å²) in [7, 11) is 0. The predicted octanol–water partition coefficient (Wildman–Crippen LogP) is 7.49. The van der Waals surface area contributed by atoms with Crippen molar-refractivity contribution in [3.63, 3.8) is 0 Å². The first-order chi connectivity index (χ1) is 19.9. The number of likely N-dealkylation sites (tertiary alicyclic amines) is 1. The van der Waals surface area contributed by atoms with Crippen molar-refractivity contribution in [2.45, 2.75) is 77.8 Å². The normalized spacial score (nSPS) is 21.2. The van der Waals surface area contributed by atoms with Crippen LogP contribution in [0.25, 0.3) is 44.7 Å². The van der Waals surface area contributed by atoms with Gasteiger partial charge in [-0.25, -0.2) is 9.97 Å². The van der Waals surface area contributed by atoms with Crippen LogP contribution in [0.3, 0.4) is 0 Å². The first-order valence-corrected chi connectivity index (χ1v) is 15.0. The molecule has 2 atom stereocenters. The van der Waals surface area contributed by atoms with Crippen LogP contribution in [0.5, 0.6) is 0 Å². The van der Waals surface area contributed by atoms with Crippen LogP contribution in [0.4, 0.5) is 0 Å². The van der Waals surface area contributed by atoms with Crippen LogP contribution >= 0.6 is 0 Å². The second-order valence-electron chi connectivity index (χ2n) is 12.4. The summed E-state index contributed by atoms with van der Waals surface area (Å²) in [4.78, 5) is 24.9. The van der Waals surface area contributed by atoms with E-state index in [9.17, 15) is 0 Å². The highest BCUT2D eigenvalue weighted by Crippen LogP contribution is 2.38. The van der Waals surface area contributed by atoms with Gasteiger partial charge >= 0.3 is 0 Å². The van der Waals surface area contributed by atoms with Crippen LogP contribution < -0.4 is 0 Å². The van der Waals surface area contributed by atoms with Gasteiger partial charge in [-0.05, 0) is 108 Å². The molecule has 41 heavy (non-hydrogen) atoms. The Balaban J connectivity index is 1.17. The molecule has 1 aliphatic carbocycles. The molecule has 0 bridgehead atoms. The third-order valence-corrected chi connectivity index (χ3v) is 9.57. The zero-order valence-corrected chi connectivity index (χ0v) is 24.5. The van der Waals surface area contributed by atoms with E-state index in [4.69, 9.17) is 9.97 Å². The lowest BCUT2D eigenvalue weighted by atomic mass is 9.89. The number of rotatable bonds is 4. The Morgan fingerprint density at radius 1 is 0.878 bits per heavy atom. The molecule has 7 rings (SSSR count). The van der Waals surface area contributed by atoms with Gasteiger partial charge in [0.1, 0.15) is 5.65 Å². The number of nitrogens with zero attached hydrogens (tertiary/aromatic N) is 5. The number of aromatic nitrogens is 5. The highest BCUT2D eigenvalue weighted by molar-refractivity contribution is 5.95. The van der Waals surface area contributed by atoms with Crippen molar-refractivity contribution in [2.75, 3.05) is 6.54 Å². The summed E-state index contributed by atoms with van der Waals surface area (Å²) in [6.07, 6.45) is 15.1. The van der Waals surface area contributed by atoms with E-state index in [1.807, 2.05) is 32.4 Å². The Morgan fingerprint density at radius 2 is 1.68 bits per heavy atom. The van der Waals surface area contributed by atoms with Gasteiger partial charge in [0.25, 0.3) is 0 Å². The van der Waals surface area contributed by atoms with Gasteiger partial charge in [-0.1, -0.05) is 18.2 Å². The maximum atomic E-state index is 4.82. The Bertz CT molecular complexity index is 1740. The average Bonchev–Trinajstić information content (AvgIpc) is 3.58. The molecule has 5 heterocycles. The van der Waals surface area contributed by atoms with Crippen LogP contribution in [-0.2, 0) is 12.8 Å². The van der Waals surface area contributed by atoms with E-state index in [2.05, 4.69) is 70.1 Å². The summed E-state index contributed by atoms with van der Waals surface area (Å²) in [5.41, 5.74) is 12.2. The van der Waals surface area contributed by atoms with Crippen LogP contribution in [0.15, 0.2) is 61.2 Å². The smallest absolute Gasteiger partial charge is 0.137 e. The molecule has 2 aliphatic rings. The highest BCUT2D eigenvalue weighted by atomic mass is 15.2. The van der Waals surface area contributed by atoms with Crippen molar-refractivity contribution >= 4 is 11.0 Å². The maximum absolute atomic E-state index is 4.82. The molecule has 0 unspecified atom stereocenters. The van der Waals surface area contributed by atoms with Crippen LogP contribution in [0.2, 0.25) is 0 Å². The Hall–Kier alpha value is -3.90. The first kappa shape index (κ1) is 26.0. The number of hydrogen-bond acceptors (Lipinski definition) is 5. The highest BCUT2D eigenvalue weighted by Gasteiger charge is 2.38. The largest absolute Gasteiger partial charge is 0.345 e. The van der Waals surface area contributed by atoms with Crippen LogP contribution in [0, 0.1) is 13.8 Å². The van der Waals surface area contributed by atoms with Crippen molar-refractivity contribution in [3.8, 4) is 33.6 Å². The number of nitrogens with one attached hydrogen (secondary N) is 1. The maximum Gasteiger partial charge on any atom is 0.137 e. The summed E-state index contributed by atoms with van der Waals surface area (Å²) in [6.45, 7) is 10.1. The molecule has 0 amide bonds. The van der Waals surface area contributed by atoms with Crippen LogP contribution in [-0.4, -0.2) is 47.9 Å². The molecule has 4 aromatic heterocycles. The van der Waals surface area contributed by atoms with E-state index in [0.717, 1.165) is 63.3 Å². The third-order valence-electron chi connectivity index (χ3n) is 9.57. The molecule has 1 aliphatic heterocycles. The minimum absolute atomic E-state index is 0.294. The molecule has 1 saturated heterocycles. The third kappa shape index (κ3) is 4.74. The molecule has 0 spiro atoms. The topological polar surface area (TPSA) is 70.6 Å². The van der Waals surface area contributed by atoms with E-state index >= 15 is 0 Å². The van der Waals surface area contributed by atoms with E-state index in [1.165, 1.54) is 48.9 Å². The standard InChI is InChI=1S/C35H38N6/c1-22-18-36-24(3)33(40-22)28-9-10-32(37-19-28)31-21-39-34-30(31)17-29(20-38-34)26-8-7-25-11-13-35(4,14-12-27(25)16-26)41-15-5-6-23(41)2/h7-10,16-21,23H,5-6,11-15H2,1-4H3,(H,38,39)/t23-,35+/m1/s1. The van der Waals surface area contributed by atoms with E-state index in [1.54, 1.807) is 6.20 Å². The zero-order valence-electron chi connectivity index (χ0n) is 24.5. The van der Waals surface area contributed by atoms with Gasteiger partial charge in [-0.15, -0.1) is 0 Å². The fraction of sp³-hybridized carbons (Fsp3) is 0.371. The van der Waals surface area contributed by atoms with Crippen molar-refractivity contribution in [3.05, 3.63) is 83.7 Å². The van der Waals surface area contributed by atoms with Gasteiger partial charge < -0.3 is 4.98 Å². The average molecular weight is 543 g/mol. The second-order valence-corrected chi connectivity index (χ2v) is 12.4. The first-order valence-electron chi connectivity index (χ1n) is 15.0. The molecule has 6 heteroatoms. The molecule has 0 saturated carbocycles. The molecule has 6 nitrogen and oxygen atoms in total. The Morgan fingerprint density at radius 3 is 2.46 bits per heavy atom. The molecule has 208 valence electrons. The lowest BCUT2D eigenvalue weighted by molar-refractivity contribution is 0.0821. The van der Waals surface area contributed by atoms with Gasteiger partial charge in [0.05, 0.1) is 22.8 Å². The van der Waals surface area contributed by atoms with Gasteiger partial charge in [-0.2, -0.15) is 0 Å². The summed E-state index contributed by atoms with van der Waals surface area (Å²) in [6, 6.07) is 14.2. The molecule has 1 fully saturated rings. The zero-order chi connectivity index (χ0) is 28.1. The summed E-state index contributed by atoms with van der Waals surface area (Å²) in [5, 5.41) is 1.08. The predicted molar refractivity (Wildman–Crippen MR) is 166 cm³/mol. The minimum atomic E-state index is 0.294. The quantitative estimate of drug-likeness (QED) is 0.238. The van der Waals surface area contributed by atoms with Crippen molar-refractivity contribution < 1.29 is 0 Å². The lowest BCUT2D eigenvalue weighted by Gasteiger charge is -2.41. The van der Waals surface area contributed by atoms with E-state index < -0.39 is 0 Å². The summed E-state index contributed by atoms with van der Waals surface area (Å²) >= 11 is 0. The molecular weight excluding hydrogens is 504 g/mol. The van der Waals surface area contributed by atoms with Crippen molar-refractivity contribution in [2.24, 2.45) is 0 Å². The Kier molecular flexibility index (Phi) is 6.46. The number of H-pyrrole nitrogens is 1.